The van der Waals surface area contributed by atoms with Crippen molar-refractivity contribution in [2.24, 2.45) is 0 Å². The molecule has 0 aliphatic carbocycles. The minimum absolute atomic E-state index is 0.253. The average molecular weight is 356 g/mol. The molecular weight excluding hydrogens is 340 g/mol. The van der Waals surface area contributed by atoms with Crippen molar-refractivity contribution in [3.8, 4) is 11.5 Å². The molecule has 1 aromatic carbocycles. The lowest BCUT2D eigenvalue weighted by atomic mass is 10.1. The largest absolute Gasteiger partial charge is 0.493 e. The topological polar surface area (TPSA) is 77.5 Å². The molecule has 0 spiro atoms. The molecule has 0 saturated carbocycles. The molecule has 1 amide bonds. The number of nitrogens with zero attached hydrogens (tertiary/aromatic N) is 1. The fourth-order valence-electron chi connectivity index (χ4n) is 2.47. The second kappa shape index (κ2) is 7.31. The van der Waals surface area contributed by atoms with Gasteiger partial charge in [0, 0.05) is 6.20 Å². The summed E-state index contributed by atoms with van der Waals surface area (Å²) < 4.78 is 10.3. The molecule has 0 aliphatic heterocycles. The van der Waals surface area contributed by atoms with Crippen LogP contribution in [0.15, 0.2) is 47.4 Å². The lowest BCUT2D eigenvalue weighted by Crippen LogP contribution is -2.23. The highest BCUT2D eigenvalue weighted by Crippen LogP contribution is 2.34. The number of pyridine rings is 1. The number of hydrogen-bond donors (Lipinski definition) is 1. The van der Waals surface area contributed by atoms with E-state index in [-0.39, 0.29) is 10.6 Å². The van der Waals surface area contributed by atoms with Crippen molar-refractivity contribution in [1.29, 1.82) is 0 Å². The average Bonchev–Trinajstić information content (AvgIpc) is 2.65. The van der Waals surface area contributed by atoms with Crippen LogP contribution >= 0.6 is 11.3 Å². The van der Waals surface area contributed by atoms with Gasteiger partial charge in [0.25, 0.3) is 5.91 Å². The summed E-state index contributed by atoms with van der Waals surface area (Å²) in [7, 11) is 2.99. The van der Waals surface area contributed by atoms with Gasteiger partial charge in [0.15, 0.2) is 11.5 Å². The summed E-state index contributed by atoms with van der Waals surface area (Å²) in [6, 6.07) is 10.6. The lowest BCUT2D eigenvalue weighted by Gasteiger charge is -2.10. The lowest BCUT2D eigenvalue weighted by molar-refractivity contribution is 0.0954. The molecule has 0 atom stereocenters. The molecule has 25 heavy (non-hydrogen) atoms. The number of aromatic nitrogens is 1. The molecule has 3 aromatic rings. The van der Waals surface area contributed by atoms with E-state index in [4.69, 9.17) is 9.47 Å². The molecule has 0 saturated heterocycles. The number of nitrogens with one attached hydrogen (secondary N) is 1. The van der Waals surface area contributed by atoms with E-state index in [9.17, 15) is 9.59 Å². The van der Waals surface area contributed by atoms with Crippen molar-refractivity contribution in [3.63, 3.8) is 0 Å². The van der Waals surface area contributed by atoms with Crippen molar-refractivity contribution in [2.45, 2.75) is 6.54 Å². The third-order valence-corrected chi connectivity index (χ3v) is 4.56. The SMILES string of the molecule is COc1ccc2cc(C(=O)NCc3ccccn3)sc(=O)c2c1OC. The van der Waals surface area contributed by atoms with E-state index in [0.717, 1.165) is 17.0 Å². The number of benzene rings is 1. The molecule has 7 heteroatoms. The van der Waals surface area contributed by atoms with Crippen LogP contribution in [0.25, 0.3) is 10.8 Å². The van der Waals surface area contributed by atoms with Gasteiger partial charge in [-0.3, -0.25) is 14.6 Å². The molecule has 6 nitrogen and oxygen atoms in total. The van der Waals surface area contributed by atoms with Crippen molar-refractivity contribution in [2.75, 3.05) is 14.2 Å². The summed E-state index contributed by atoms with van der Waals surface area (Å²) in [5.74, 6) is 0.540. The van der Waals surface area contributed by atoms with Crippen LogP contribution in [0, 0.1) is 0 Å². The zero-order chi connectivity index (χ0) is 17.8. The van der Waals surface area contributed by atoms with E-state index < -0.39 is 0 Å². The van der Waals surface area contributed by atoms with Crippen molar-refractivity contribution >= 4 is 28.0 Å². The predicted octanol–water partition coefficient (Wildman–Crippen LogP) is 2.60. The standard InChI is InChI=1S/C18H16N2O4S/c1-23-13-7-6-11-9-14(25-18(22)15(11)16(13)24-2)17(21)20-10-12-5-3-4-8-19-12/h3-9H,10H2,1-2H3,(H,20,21). The van der Waals surface area contributed by atoms with Crippen LogP contribution in [0.1, 0.15) is 15.4 Å². The maximum absolute atomic E-state index is 12.5. The van der Waals surface area contributed by atoms with Gasteiger partial charge >= 0.3 is 0 Å². The molecule has 0 radical (unpaired) electrons. The highest BCUT2D eigenvalue weighted by molar-refractivity contribution is 7.12. The molecule has 2 aromatic heterocycles. The number of amides is 1. The molecule has 128 valence electrons. The second-order valence-electron chi connectivity index (χ2n) is 5.17. The molecular formula is C18H16N2O4S. The monoisotopic (exact) mass is 356 g/mol. The normalized spacial score (nSPS) is 10.5. The summed E-state index contributed by atoms with van der Waals surface area (Å²) in [5.41, 5.74) is 0.746. The first kappa shape index (κ1) is 16.9. The molecule has 0 unspecified atom stereocenters. The number of carbonyl (C=O) groups excluding carboxylic acids is 1. The van der Waals surface area contributed by atoms with Gasteiger partial charge in [-0.2, -0.15) is 0 Å². The Balaban J connectivity index is 1.93. The summed E-state index contributed by atoms with van der Waals surface area (Å²) >= 11 is 0.875. The van der Waals surface area contributed by atoms with Gasteiger partial charge in [0.05, 0.1) is 36.7 Å². The van der Waals surface area contributed by atoms with Gasteiger partial charge in [-0.1, -0.05) is 23.5 Å². The van der Waals surface area contributed by atoms with Crippen LogP contribution in [0.2, 0.25) is 0 Å². The summed E-state index contributed by atoms with van der Waals surface area (Å²) in [4.78, 5) is 29.4. The Morgan fingerprint density at radius 3 is 2.72 bits per heavy atom. The number of ether oxygens (including phenoxy) is 2. The highest BCUT2D eigenvalue weighted by Gasteiger charge is 2.16. The fourth-order valence-corrected chi connectivity index (χ4v) is 3.33. The van der Waals surface area contributed by atoms with Crippen LogP contribution < -0.4 is 19.5 Å². The van der Waals surface area contributed by atoms with Gasteiger partial charge in [0.1, 0.15) is 0 Å². The minimum Gasteiger partial charge on any atom is -0.493 e. The van der Waals surface area contributed by atoms with E-state index in [1.54, 1.807) is 24.4 Å². The van der Waals surface area contributed by atoms with Crippen molar-refractivity contribution in [3.05, 3.63) is 62.7 Å². The summed E-state index contributed by atoms with van der Waals surface area (Å²) in [6.45, 7) is 0.296. The maximum atomic E-state index is 12.5. The Kier molecular flexibility index (Phi) is 4.95. The molecule has 2 heterocycles. The summed E-state index contributed by atoms with van der Waals surface area (Å²) in [6.07, 6.45) is 1.66. The smallest absolute Gasteiger partial charge is 0.261 e. The van der Waals surface area contributed by atoms with E-state index in [1.165, 1.54) is 14.2 Å². The first-order chi connectivity index (χ1) is 12.1. The molecule has 1 N–H and O–H groups in total. The van der Waals surface area contributed by atoms with E-state index >= 15 is 0 Å². The van der Waals surface area contributed by atoms with Crippen LogP contribution in [0.5, 0.6) is 11.5 Å². The Labute approximate surface area is 148 Å². The van der Waals surface area contributed by atoms with Gasteiger partial charge in [-0.15, -0.1) is 0 Å². The Bertz CT molecular complexity index is 970. The second-order valence-corrected chi connectivity index (χ2v) is 6.18. The number of carbonyl (C=O) groups is 1. The zero-order valence-corrected chi connectivity index (χ0v) is 14.6. The zero-order valence-electron chi connectivity index (χ0n) is 13.7. The van der Waals surface area contributed by atoms with Crippen LogP contribution in [0.4, 0.5) is 0 Å². The molecule has 3 rings (SSSR count). The number of fused-ring (bicyclic) bond motifs is 1. The van der Waals surface area contributed by atoms with Crippen LogP contribution in [-0.2, 0) is 6.54 Å². The van der Waals surface area contributed by atoms with Crippen molar-refractivity contribution in [1.82, 2.24) is 10.3 Å². The van der Waals surface area contributed by atoms with E-state index in [0.29, 0.717) is 33.7 Å². The first-order valence-corrected chi connectivity index (χ1v) is 8.32. The number of methoxy groups -OCH3 is 2. The van der Waals surface area contributed by atoms with Gasteiger partial charge in [-0.05, 0) is 29.7 Å². The minimum atomic E-state index is -0.315. The Morgan fingerprint density at radius 2 is 2.04 bits per heavy atom. The van der Waals surface area contributed by atoms with Gasteiger partial charge in [-0.25, -0.2) is 0 Å². The quantitative estimate of drug-likeness (QED) is 0.760. The fraction of sp³-hybridized carbons (Fsp3) is 0.167. The predicted molar refractivity (Wildman–Crippen MR) is 96.6 cm³/mol. The van der Waals surface area contributed by atoms with Gasteiger partial charge < -0.3 is 14.8 Å². The first-order valence-electron chi connectivity index (χ1n) is 7.51. The van der Waals surface area contributed by atoms with Gasteiger partial charge in [0.2, 0.25) is 4.74 Å². The van der Waals surface area contributed by atoms with Crippen LogP contribution in [0.3, 0.4) is 0 Å². The highest BCUT2D eigenvalue weighted by atomic mass is 32.1. The summed E-state index contributed by atoms with van der Waals surface area (Å²) in [5, 5.41) is 3.81. The number of rotatable bonds is 5. The maximum Gasteiger partial charge on any atom is 0.261 e. The molecule has 0 bridgehead atoms. The van der Waals surface area contributed by atoms with Crippen LogP contribution in [-0.4, -0.2) is 25.1 Å². The number of hydrogen-bond acceptors (Lipinski definition) is 6. The molecule has 0 aliphatic rings. The third-order valence-electron chi connectivity index (χ3n) is 3.65. The van der Waals surface area contributed by atoms with E-state index in [1.807, 2.05) is 18.2 Å². The van der Waals surface area contributed by atoms with Crippen molar-refractivity contribution < 1.29 is 14.3 Å². The Hall–Kier alpha value is -2.93. The third kappa shape index (κ3) is 3.46. The Morgan fingerprint density at radius 1 is 1.20 bits per heavy atom. The molecule has 0 fully saturated rings. The van der Waals surface area contributed by atoms with E-state index in [2.05, 4.69) is 10.3 Å².